The fraction of sp³-hybridized carbons (Fsp3) is 0.462. The number of ketones is 1. The van der Waals surface area contributed by atoms with Crippen molar-refractivity contribution in [1.82, 2.24) is 4.90 Å². The molecular weight excluding hydrogens is 298 g/mol. The highest BCUT2D eigenvalue weighted by Crippen LogP contribution is 2.18. The number of rotatable bonds is 3. The first-order valence-corrected chi connectivity index (χ1v) is 7.67. The first-order chi connectivity index (χ1) is 8.16. The van der Waals surface area contributed by atoms with Crippen molar-refractivity contribution in [2.24, 2.45) is 0 Å². The lowest BCUT2D eigenvalue weighted by Crippen LogP contribution is -2.45. The summed E-state index contributed by atoms with van der Waals surface area (Å²) in [5, 5.41) is 0. The van der Waals surface area contributed by atoms with Gasteiger partial charge in [-0.25, -0.2) is 0 Å². The molecule has 0 saturated carbocycles. The molecule has 0 aromatic heterocycles. The maximum atomic E-state index is 12.2. The molecule has 1 unspecified atom stereocenters. The molecule has 4 heteroatoms. The predicted molar refractivity (Wildman–Crippen MR) is 76.6 cm³/mol. The summed E-state index contributed by atoms with van der Waals surface area (Å²) in [6, 6.07) is 8.09. The topological polar surface area (TPSA) is 20.3 Å². The predicted octanol–water partition coefficient (Wildman–Crippen LogP) is 2.61. The van der Waals surface area contributed by atoms with Crippen LogP contribution in [0, 0.1) is 0 Å². The summed E-state index contributed by atoms with van der Waals surface area (Å²) >= 11 is 5.31. The number of Topliss-reactive ketones (excluding diaryl/α,β-unsaturated/α-hetero) is 1. The van der Waals surface area contributed by atoms with Gasteiger partial charge in [0.1, 0.15) is 0 Å². The lowest BCUT2D eigenvalue weighted by atomic mass is 10.0. The Morgan fingerprint density at radius 2 is 2.41 bits per heavy atom. The van der Waals surface area contributed by atoms with Crippen LogP contribution in [0.3, 0.4) is 0 Å². The first kappa shape index (κ1) is 13.1. The molecule has 0 aliphatic carbocycles. The molecule has 1 saturated heterocycles. The van der Waals surface area contributed by atoms with Crippen molar-refractivity contribution in [2.45, 2.75) is 12.5 Å². The molecule has 2 nitrogen and oxygen atoms in total. The highest BCUT2D eigenvalue weighted by Gasteiger charge is 2.25. The summed E-state index contributed by atoms with van der Waals surface area (Å²) in [7, 11) is 2.04. The second kappa shape index (κ2) is 6.03. The van der Waals surface area contributed by atoms with Gasteiger partial charge in [-0.3, -0.25) is 9.69 Å². The zero-order valence-electron chi connectivity index (χ0n) is 9.86. The number of thioether (sulfide) groups is 1. The van der Waals surface area contributed by atoms with E-state index in [4.69, 9.17) is 0 Å². The van der Waals surface area contributed by atoms with Crippen LogP contribution in [0.25, 0.3) is 0 Å². The van der Waals surface area contributed by atoms with E-state index in [0.717, 1.165) is 28.1 Å². The molecule has 1 aromatic rings. The smallest absolute Gasteiger partial charge is 0.155 e. The van der Waals surface area contributed by atoms with E-state index in [1.165, 1.54) is 0 Å². The van der Waals surface area contributed by atoms with Crippen LogP contribution in [-0.2, 0) is 11.2 Å². The van der Waals surface area contributed by atoms with Crippen molar-refractivity contribution in [3.8, 4) is 0 Å². The first-order valence-electron chi connectivity index (χ1n) is 5.72. The number of hydrogen-bond acceptors (Lipinski definition) is 3. The lowest BCUT2D eigenvalue weighted by Gasteiger charge is -2.30. The van der Waals surface area contributed by atoms with E-state index in [-0.39, 0.29) is 6.04 Å². The number of halogens is 1. The van der Waals surface area contributed by atoms with Crippen molar-refractivity contribution in [1.29, 1.82) is 0 Å². The van der Waals surface area contributed by atoms with Gasteiger partial charge in [-0.05, 0) is 24.7 Å². The Kier molecular flexibility index (Phi) is 4.65. The molecule has 0 N–H and O–H groups in total. The maximum absolute atomic E-state index is 12.2. The highest BCUT2D eigenvalue weighted by molar-refractivity contribution is 9.10. The summed E-state index contributed by atoms with van der Waals surface area (Å²) in [6.07, 6.45) is 0.537. The average molecular weight is 314 g/mol. The third kappa shape index (κ3) is 3.57. The summed E-state index contributed by atoms with van der Waals surface area (Å²) in [6.45, 7) is 1.01. The van der Waals surface area contributed by atoms with Gasteiger partial charge in [-0.1, -0.05) is 28.1 Å². The van der Waals surface area contributed by atoms with E-state index >= 15 is 0 Å². The molecule has 1 aliphatic rings. The van der Waals surface area contributed by atoms with Gasteiger partial charge < -0.3 is 0 Å². The summed E-state index contributed by atoms with van der Waals surface area (Å²) in [4.78, 5) is 14.4. The van der Waals surface area contributed by atoms with Gasteiger partial charge in [0.2, 0.25) is 0 Å². The molecule has 1 atom stereocenters. The molecule has 92 valence electrons. The number of benzene rings is 1. The van der Waals surface area contributed by atoms with E-state index in [9.17, 15) is 4.79 Å². The second-order valence-corrected chi connectivity index (χ2v) is 6.41. The van der Waals surface area contributed by atoms with Crippen molar-refractivity contribution in [3.05, 3.63) is 34.3 Å². The maximum Gasteiger partial charge on any atom is 0.155 e. The quantitative estimate of drug-likeness (QED) is 0.855. The average Bonchev–Trinajstić information content (AvgIpc) is 2.29. The van der Waals surface area contributed by atoms with Crippen LogP contribution in [0.15, 0.2) is 28.7 Å². The van der Waals surface area contributed by atoms with Gasteiger partial charge in [0.15, 0.2) is 5.78 Å². The van der Waals surface area contributed by atoms with Gasteiger partial charge in [0, 0.05) is 28.9 Å². The number of likely N-dealkylation sites (N-methyl/N-ethyl adjacent to an activating group) is 1. The summed E-state index contributed by atoms with van der Waals surface area (Å²) in [5.74, 6) is 2.40. The number of hydrogen-bond donors (Lipinski definition) is 0. The minimum Gasteiger partial charge on any atom is -0.298 e. The van der Waals surface area contributed by atoms with Crippen LogP contribution in [0.5, 0.6) is 0 Å². The number of nitrogens with zero attached hydrogens (tertiary/aromatic N) is 1. The van der Waals surface area contributed by atoms with Gasteiger partial charge in [-0.2, -0.15) is 11.8 Å². The Balaban J connectivity index is 2.01. The fourth-order valence-corrected chi connectivity index (χ4v) is 3.69. The van der Waals surface area contributed by atoms with E-state index in [1.54, 1.807) is 0 Å². The zero-order chi connectivity index (χ0) is 12.3. The molecule has 1 aliphatic heterocycles. The zero-order valence-corrected chi connectivity index (χ0v) is 12.3. The van der Waals surface area contributed by atoms with Crippen LogP contribution in [0.4, 0.5) is 0 Å². The Labute approximate surface area is 115 Å². The van der Waals surface area contributed by atoms with E-state index in [2.05, 4.69) is 20.8 Å². The normalized spacial score (nSPS) is 21.4. The molecule has 1 aromatic carbocycles. The van der Waals surface area contributed by atoms with Gasteiger partial charge >= 0.3 is 0 Å². The Morgan fingerprint density at radius 3 is 3.12 bits per heavy atom. The van der Waals surface area contributed by atoms with Gasteiger partial charge in [0.25, 0.3) is 0 Å². The third-order valence-electron chi connectivity index (χ3n) is 3.04. The SMILES string of the molecule is CN1CCSCC1C(=O)Cc1cccc(Br)c1. The van der Waals surface area contributed by atoms with Crippen LogP contribution in [-0.4, -0.2) is 41.8 Å². The Morgan fingerprint density at radius 1 is 1.59 bits per heavy atom. The van der Waals surface area contributed by atoms with Crippen LogP contribution in [0.2, 0.25) is 0 Å². The Hall–Kier alpha value is -0.320. The highest BCUT2D eigenvalue weighted by atomic mass is 79.9. The van der Waals surface area contributed by atoms with Crippen molar-refractivity contribution < 1.29 is 4.79 Å². The molecule has 0 spiro atoms. The molecule has 1 fully saturated rings. The van der Waals surface area contributed by atoms with Crippen molar-refractivity contribution in [3.63, 3.8) is 0 Å². The van der Waals surface area contributed by atoms with E-state index in [1.807, 2.05) is 43.1 Å². The summed E-state index contributed by atoms with van der Waals surface area (Å²) in [5.41, 5.74) is 1.09. The summed E-state index contributed by atoms with van der Waals surface area (Å²) < 4.78 is 1.04. The molecule has 0 bridgehead atoms. The molecular formula is C13H16BrNOS. The molecule has 0 amide bonds. The monoisotopic (exact) mass is 313 g/mol. The lowest BCUT2D eigenvalue weighted by molar-refractivity contribution is -0.122. The molecule has 2 rings (SSSR count). The second-order valence-electron chi connectivity index (χ2n) is 4.34. The van der Waals surface area contributed by atoms with Gasteiger partial charge in [-0.15, -0.1) is 0 Å². The van der Waals surface area contributed by atoms with Crippen molar-refractivity contribution >= 4 is 33.5 Å². The molecule has 17 heavy (non-hydrogen) atoms. The van der Waals surface area contributed by atoms with E-state index < -0.39 is 0 Å². The fourth-order valence-electron chi connectivity index (χ4n) is 1.99. The Bertz CT molecular complexity index is 410. The largest absolute Gasteiger partial charge is 0.298 e. The minimum atomic E-state index is 0.0905. The van der Waals surface area contributed by atoms with Crippen molar-refractivity contribution in [2.75, 3.05) is 25.1 Å². The minimum absolute atomic E-state index is 0.0905. The van der Waals surface area contributed by atoms with E-state index in [0.29, 0.717) is 12.2 Å². The standard InChI is InChI=1S/C13H16BrNOS/c1-15-5-6-17-9-12(15)13(16)8-10-3-2-4-11(14)7-10/h2-4,7,12H,5-6,8-9H2,1H3. The molecule has 0 radical (unpaired) electrons. The van der Waals surface area contributed by atoms with Crippen LogP contribution < -0.4 is 0 Å². The molecule has 1 heterocycles. The van der Waals surface area contributed by atoms with Crippen LogP contribution in [0.1, 0.15) is 5.56 Å². The van der Waals surface area contributed by atoms with Gasteiger partial charge in [0.05, 0.1) is 6.04 Å². The number of carbonyl (C=O) groups is 1. The third-order valence-corrected chi connectivity index (χ3v) is 4.55. The van der Waals surface area contributed by atoms with Crippen LogP contribution >= 0.6 is 27.7 Å². The number of carbonyl (C=O) groups excluding carboxylic acids is 1.